The van der Waals surface area contributed by atoms with Crippen LogP contribution in [0.1, 0.15) is 46.2 Å². The quantitative estimate of drug-likeness (QED) is 0.545. The summed E-state index contributed by atoms with van der Waals surface area (Å²) in [5.74, 6) is 0.737. The third kappa shape index (κ3) is 5.94. The maximum absolute atomic E-state index is 12.5. The second-order valence-corrected chi connectivity index (χ2v) is 8.15. The molecule has 1 amide bonds. The van der Waals surface area contributed by atoms with Gasteiger partial charge in [0.15, 0.2) is 11.5 Å². The number of nitrogens with zero attached hydrogens (tertiary/aromatic N) is 3. The van der Waals surface area contributed by atoms with Crippen LogP contribution in [0.4, 0.5) is 11.5 Å². The van der Waals surface area contributed by atoms with E-state index in [-0.39, 0.29) is 17.6 Å². The molecule has 4 rings (SSSR count). The lowest BCUT2D eigenvalue weighted by molar-refractivity contribution is 0.0526. The molecule has 0 spiro atoms. The first-order valence-corrected chi connectivity index (χ1v) is 11.3. The Hall–Kier alpha value is -3.74. The van der Waals surface area contributed by atoms with Crippen LogP contribution >= 0.6 is 0 Å². The Balaban J connectivity index is 1.29. The summed E-state index contributed by atoms with van der Waals surface area (Å²) in [6, 6.07) is 20.7. The van der Waals surface area contributed by atoms with Gasteiger partial charge < -0.3 is 15.0 Å². The molecular weight excluding hydrogens is 416 g/mol. The molecule has 0 unspecified atom stereocenters. The molecule has 2 heterocycles. The van der Waals surface area contributed by atoms with E-state index in [1.807, 2.05) is 6.07 Å². The predicted molar refractivity (Wildman–Crippen MR) is 127 cm³/mol. The predicted octanol–water partition coefficient (Wildman–Crippen LogP) is 4.36. The van der Waals surface area contributed by atoms with Crippen LogP contribution in [0.2, 0.25) is 0 Å². The van der Waals surface area contributed by atoms with E-state index in [0.29, 0.717) is 23.8 Å². The van der Waals surface area contributed by atoms with Crippen LogP contribution in [0, 0.1) is 5.92 Å². The smallest absolute Gasteiger partial charge is 0.338 e. The molecule has 1 aliphatic rings. The van der Waals surface area contributed by atoms with Crippen molar-refractivity contribution in [3.8, 4) is 0 Å². The number of benzene rings is 2. The number of ether oxygens (including phenoxy) is 1. The molecule has 1 aromatic heterocycles. The molecular formula is C26H28N4O3. The monoisotopic (exact) mass is 444 g/mol. The van der Waals surface area contributed by atoms with E-state index >= 15 is 0 Å². The molecule has 1 fully saturated rings. The van der Waals surface area contributed by atoms with E-state index < -0.39 is 0 Å². The minimum atomic E-state index is -0.388. The molecule has 0 saturated carbocycles. The van der Waals surface area contributed by atoms with E-state index in [4.69, 9.17) is 4.74 Å². The number of hydrogen-bond donors (Lipinski definition) is 1. The third-order valence-corrected chi connectivity index (χ3v) is 5.84. The Labute approximate surface area is 193 Å². The summed E-state index contributed by atoms with van der Waals surface area (Å²) < 4.78 is 4.96. The minimum Gasteiger partial charge on any atom is -0.462 e. The zero-order valence-electron chi connectivity index (χ0n) is 18.7. The van der Waals surface area contributed by atoms with Crippen molar-refractivity contribution in [3.63, 3.8) is 0 Å². The molecule has 7 nitrogen and oxygen atoms in total. The minimum absolute atomic E-state index is 0.243. The van der Waals surface area contributed by atoms with Crippen LogP contribution in [-0.4, -0.2) is 41.8 Å². The summed E-state index contributed by atoms with van der Waals surface area (Å²) >= 11 is 0. The maximum atomic E-state index is 12.5. The molecule has 33 heavy (non-hydrogen) atoms. The number of carbonyl (C=O) groups excluding carboxylic acids is 2. The highest BCUT2D eigenvalue weighted by atomic mass is 16.5. The number of piperidine rings is 1. The highest BCUT2D eigenvalue weighted by molar-refractivity contribution is 6.03. The van der Waals surface area contributed by atoms with E-state index in [9.17, 15) is 9.59 Å². The number of esters is 1. The first-order valence-electron chi connectivity index (χ1n) is 11.3. The van der Waals surface area contributed by atoms with E-state index in [1.165, 1.54) is 5.56 Å². The van der Waals surface area contributed by atoms with Gasteiger partial charge in [0, 0.05) is 18.8 Å². The van der Waals surface area contributed by atoms with Crippen molar-refractivity contribution in [2.75, 3.05) is 29.9 Å². The highest BCUT2D eigenvalue weighted by Gasteiger charge is 2.21. The van der Waals surface area contributed by atoms with Gasteiger partial charge in [0.25, 0.3) is 5.91 Å². The largest absolute Gasteiger partial charge is 0.462 e. The van der Waals surface area contributed by atoms with Crippen LogP contribution in [-0.2, 0) is 11.2 Å². The fourth-order valence-electron chi connectivity index (χ4n) is 4.03. The molecule has 1 N–H and O–H groups in total. The zero-order chi connectivity index (χ0) is 23.0. The molecule has 3 aromatic rings. The molecule has 2 aromatic carbocycles. The first kappa shape index (κ1) is 22.5. The highest BCUT2D eigenvalue weighted by Crippen LogP contribution is 2.24. The summed E-state index contributed by atoms with van der Waals surface area (Å²) in [7, 11) is 0. The van der Waals surface area contributed by atoms with Crippen molar-refractivity contribution in [3.05, 3.63) is 83.6 Å². The summed E-state index contributed by atoms with van der Waals surface area (Å²) in [5, 5.41) is 11.2. The van der Waals surface area contributed by atoms with Gasteiger partial charge in [0.2, 0.25) is 0 Å². The maximum Gasteiger partial charge on any atom is 0.338 e. The van der Waals surface area contributed by atoms with Gasteiger partial charge in [-0.2, -0.15) is 0 Å². The fourth-order valence-corrected chi connectivity index (χ4v) is 4.03. The van der Waals surface area contributed by atoms with Gasteiger partial charge in [-0.05, 0) is 74.1 Å². The van der Waals surface area contributed by atoms with Gasteiger partial charge in [-0.3, -0.25) is 4.79 Å². The van der Waals surface area contributed by atoms with Gasteiger partial charge in [0.1, 0.15) is 0 Å². The van der Waals surface area contributed by atoms with Crippen molar-refractivity contribution < 1.29 is 14.3 Å². The number of anilines is 2. The SMILES string of the molecule is CCOC(=O)c1ccc(NC(=O)c2ccc(N3CCC(Cc4ccccc4)CC3)nn2)cc1. The average molecular weight is 445 g/mol. The van der Waals surface area contributed by atoms with Crippen molar-refractivity contribution >= 4 is 23.4 Å². The second-order valence-electron chi connectivity index (χ2n) is 8.15. The molecule has 0 atom stereocenters. The molecule has 7 heteroatoms. The Morgan fingerprint density at radius 3 is 2.33 bits per heavy atom. The summed E-state index contributed by atoms with van der Waals surface area (Å²) in [4.78, 5) is 26.5. The van der Waals surface area contributed by atoms with Crippen molar-refractivity contribution in [1.82, 2.24) is 10.2 Å². The van der Waals surface area contributed by atoms with Gasteiger partial charge >= 0.3 is 5.97 Å². The molecule has 170 valence electrons. The molecule has 0 bridgehead atoms. The van der Waals surface area contributed by atoms with Crippen LogP contribution in [0.5, 0.6) is 0 Å². The molecule has 0 radical (unpaired) electrons. The van der Waals surface area contributed by atoms with E-state index in [1.54, 1.807) is 37.3 Å². The number of nitrogens with one attached hydrogen (secondary N) is 1. The van der Waals surface area contributed by atoms with E-state index in [0.717, 1.165) is 38.2 Å². The Kier molecular flexibility index (Phi) is 7.29. The van der Waals surface area contributed by atoms with Crippen LogP contribution in [0.15, 0.2) is 66.7 Å². The number of hydrogen-bond acceptors (Lipinski definition) is 6. The number of amides is 1. The topological polar surface area (TPSA) is 84.4 Å². The lowest BCUT2D eigenvalue weighted by Gasteiger charge is -2.32. The standard InChI is InChI=1S/C26H28N4O3/c1-2-33-26(32)21-8-10-22(11-9-21)27-25(31)23-12-13-24(29-28-23)30-16-14-20(15-17-30)18-19-6-4-3-5-7-19/h3-13,20H,2,14-18H2,1H3,(H,27,31). The Morgan fingerprint density at radius 1 is 0.970 bits per heavy atom. The average Bonchev–Trinajstić information content (AvgIpc) is 2.86. The van der Waals surface area contributed by atoms with Gasteiger partial charge in [0.05, 0.1) is 12.2 Å². The number of aromatic nitrogens is 2. The van der Waals surface area contributed by atoms with Gasteiger partial charge in [-0.25, -0.2) is 4.79 Å². The van der Waals surface area contributed by atoms with Gasteiger partial charge in [-0.15, -0.1) is 10.2 Å². The van der Waals surface area contributed by atoms with Crippen LogP contribution in [0.25, 0.3) is 0 Å². The van der Waals surface area contributed by atoms with Crippen molar-refractivity contribution in [2.24, 2.45) is 5.92 Å². The number of rotatable bonds is 7. The van der Waals surface area contributed by atoms with Crippen LogP contribution < -0.4 is 10.2 Å². The molecule has 0 aliphatic carbocycles. The molecule has 1 aliphatic heterocycles. The zero-order valence-corrected chi connectivity index (χ0v) is 18.7. The van der Waals surface area contributed by atoms with Crippen LogP contribution in [0.3, 0.4) is 0 Å². The first-order chi connectivity index (χ1) is 16.1. The van der Waals surface area contributed by atoms with E-state index in [2.05, 4.69) is 50.7 Å². The summed E-state index contributed by atoms with van der Waals surface area (Å²) in [6.07, 6.45) is 3.33. The lowest BCUT2D eigenvalue weighted by atomic mass is 9.90. The lowest BCUT2D eigenvalue weighted by Crippen LogP contribution is -2.35. The van der Waals surface area contributed by atoms with Crippen molar-refractivity contribution in [2.45, 2.75) is 26.2 Å². The summed E-state index contributed by atoms with van der Waals surface area (Å²) in [6.45, 7) is 3.94. The third-order valence-electron chi connectivity index (χ3n) is 5.84. The Morgan fingerprint density at radius 2 is 1.70 bits per heavy atom. The second kappa shape index (κ2) is 10.7. The number of carbonyl (C=O) groups is 2. The molecule has 1 saturated heterocycles. The Bertz CT molecular complexity index is 1060. The summed E-state index contributed by atoms with van der Waals surface area (Å²) in [5.41, 5.74) is 2.64. The van der Waals surface area contributed by atoms with Gasteiger partial charge in [-0.1, -0.05) is 30.3 Å². The fraction of sp³-hybridized carbons (Fsp3) is 0.308. The van der Waals surface area contributed by atoms with Crippen molar-refractivity contribution in [1.29, 1.82) is 0 Å². The normalized spacial score (nSPS) is 14.0.